The summed E-state index contributed by atoms with van der Waals surface area (Å²) in [7, 11) is 0. The molecular formula is C14H10F2O3. The molecule has 0 spiro atoms. The molecule has 1 N–H and O–H groups in total. The number of alkyl halides is 2. The lowest BCUT2D eigenvalue weighted by Gasteiger charge is -2.11. The molecule has 3 nitrogen and oxygen atoms in total. The summed E-state index contributed by atoms with van der Waals surface area (Å²) in [6.07, 6.45) is 0. The minimum absolute atomic E-state index is 0.0143. The van der Waals surface area contributed by atoms with E-state index in [4.69, 9.17) is 5.11 Å². The molecule has 0 aliphatic carbocycles. The molecule has 98 valence electrons. The minimum atomic E-state index is -2.96. The summed E-state index contributed by atoms with van der Waals surface area (Å²) < 4.78 is 29.1. The van der Waals surface area contributed by atoms with Crippen LogP contribution in [0.5, 0.6) is 5.75 Å². The van der Waals surface area contributed by atoms with Crippen LogP contribution in [-0.2, 0) is 0 Å². The molecule has 0 radical (unpaired) electrons. The van der Waals surface area contributed by atoms with Gasteiger partial charge in [-0.3, -0.25) is 0 Å². The summed E-state index contributed by atoms with van der Waals surface area (Å²) in [6, 6.07) is 12.4. The number of rotatable bonds is 4. The highest BCUT2D eigenvalue weighted by Crippen LogP contribution is 2.32. The van der Waals surface area contributed by atoms with Crippen molar-refractivity contribution in [2.45, 2.75) is 6.61 Å². The zero-order chi connectivity index (χ0) is 13.8. The number of hydrogen-bond donors (Lipinski definition) is 1. The molecule has 0 amide bonds. The second kappa shape index (κ2) is 5.48. The van der Waals surface area contributed by atoms with Crippen LogP contribution in [0.4, 0.5) is 8.78 Å². The first-order valence-electron chi connectivity index (χ1n) is 5.45. The third-order valence-corrected chi connectivity index (χ3v) is 2.53. The Labute approximate surface area is 108 Å². The van der Waals surface area contributed by atoms with E-state index in [-0.39, 0.29) is 11.3 Å². The first-order valence-corrected chi connectivity index (χ1v) is 5.45. The zero-order valence-corrected chi connectivity index (χ0v) is 9.72. The normalized spacial score (nSPS) is 10.5. The van der Waals surface area contributed by atoms with Crippen molar-refractivity contribution in [3.63, 3.8) is 0 Å². The quantitative estimate of drug-likeness (QED) is 0.916. The molecule has 0 heterocycles. The van der Waals surface area contributed by atoms with Gasteiger partial charge < -0.3 is 9.84 Å². The number of benzene rings is 2. The van der Waals surface area contributed by atoms with E-state index in [9.17, 15) is 13.6 Å². The number of aromatic carboxylic acids is 1. The Bertz CT molecular complexity index is 582. The first kappa shape index (κ1) is 13.0. The van der Waals surface area contributed by atoms with Gasteiger partial charge in [-0.15, -0.1) is 0 Å². The molecule has 0 aromatic heterocycles. The van der Waals surface area contributed by atoms with Crippen molar-refractivity contribution in [3.05, 3.63) is 54.1 Å². The average Bonchev–Trinajstić information content (AvgIpc) is 2.39. The molecule has 0 unspecified atom stereocenters. The maximum Gasteiger partial charge on any atom is 0.387 e. The van der Waals surface area contributed by atoms with Crippen molar-refractivity contribution < 1.29 is 23.4 Å². The molecule has 0 saturated heterocycles. The van der Waals surface area contributed by atoms with Gasteiger partial charge in [0, 0.05) is 5.56 Å². The molecular weight excluding hydrogens is 254 g/mol. The van der Waals surface area contributed by atoms with Crippen molar-refractivity contribution in [2.75, 3.05) is 0 Å². The van der Waals surface area contributed by atoms with E-state index < -0.39 is 12.6 Å². The van der Waals surface area contributed by atoms with Crippen LogP contribution < -0.4 is 4.74 Å². The van der Waals surface area contributed by atoms with E-state index in [1.165, 1.54) is 18.2 Å². The molecule has 2 rings (SSSR count). The van der Waals surface area contributed by atoms with Crippen molar-refractivity contribution in [1.82, 2.24) is 0 Å². The monoisotopic (exact) mass is 264 g/mol. The van der Waals surface area contributed by atoms with Gasteiger partial charge in [0.2, 0.25) is 0 Å². The van der Waals surface area contributed by atoms with Gasteiger partial charge in [0.25, 0.3) is 0 Å². The van der Waals surface area contributed by atoms with E-state index in [1.54, 1.807) is 30.3 Å². The number of hydrogen-bond acceptors (Lipinski definition) is 2. The predicted molar refractivity (Wildman–Crippen MR) is 65.5 cm³/mol. The van der Waals surface area contributed by atoms with Gasteiger partial charge in [-0.1, -0.05) is 30.3 Å². The maximum absolute atomic E-state index is 12.3. The fourth-order valence-corrected chi connectivity index (χ4v) is 1.71. The summed E-state index contributed by atoms with van der Waals surface area (Å²) in [6.45, 7) is -2.96. The SMILES string of the molecule is O=C(O)c1ccc(OC(F)F)c(-c2ccccc2)c1. The van der Waals surface area contributed by atoms with Gasteiger partial charge >= 0.3 is 12.6 Å². The van der Waals surface area contributed by atoms with Crippen molar-refractivity contribution in [1.29, 1.82) is 0 Å². The third kappa shape index (κ3) is 3.07. The Balaban J connectivity index is 2.53. The number of carboxylic acids is 1. The Morgan fingerprint density at radius 2 is 1.79 bits per heavy atom. The Morgan fingerprint density at radius 1 is 1.11 bits per heavy atom. The Kier molecular flexibility index (Phi) is 3.75. The van der Waals surface area contributed by atoms with E-state index in [1.807, 2.05) is 0 Å². The van der Waals surface area contributed by atoms with E-state index in [0.717, 1.165) is 0 Å². The van der Waals surface area contributed by atoms with Crippen LogP contribution in [0.15, 0.2) is 48.5 Å². The molecule has 0 saturated carbocycles. The topological polar surface area (TPSA) is 46.5 Å². The van der Waals surface area contributed by atoms with Crippen molar-refractivity contribution in [3.8, 4) is 16.9 Å². The van der Waals surface area contributed by atoms with Gasteiger partial charge in [-0.2, -0.15) is 8.78 Å². The van der Waals surface area contributed by atoms with Gasteiger partial charge in [-0.05, 0) is 23.8 Å². The van der Waals surface area contributed by atoms with Crippen LogP contribution in [0.25, 0.3) is 11.1 Å². The third-order valence-electron chi connectivity index (χ3n) is 2.53. The van der Waals surface area contributed by atoms with Crippen LogP contribution in [-0.4, -0.2) is 17.7 Å². The van der Waals surface area contributed by atoms with E-state index in [0.29, 0.717) is 11.1 Å². The van der Waals surface area contributed by atoms with Gasteiger partial charge in [0.1, 0.15) is 5.75 Å². The highest BCUT2D eigenvalue weighted by atomic mass is 19.3. The standard InChI is InChI=1S/C14H10F2O3/c15-14(16)19-12-7-6-10(13(17)18)8-11(12)9-4-2-1-3-5-9/h1-8,14H,(H,17,18). The summed E-state index contributed by atoms with van der Waals surface area (Å²) in [5.41, 5.74) is 0.947. The molecule has 0 aliphatic heterocycles. The van der Waals surface area contributed by atoms with Crippen molar-refractivity contribution in [2.24, 2.45) is 0 Å². The largest absolute Gasteiger partial charge is 0.478 e. The Hall–Kier alpha value is -2.43. The fraction of sp³-hybridized carbons (Fsp3) is 0.0714. The summed E-state index contributed by atoms with van der Waals surface area (Å²) >= 11 is 0. The minimum Gasteiger partial charge on any atom is -0.478 e. The lowest BCUT2D eigenvalue weighted by Crippen LogP contribution is -2.04. The van der Waals surface area contributed by atoms with E-state index >= 15 is 0 Å². The molecule has 5 heteroatoms. The predicted octanol–water partition coefficient (Wildman–Crippen LogP) is 3.65. The first-order chi connectivity index (χ1) is 9.08. The molecule has 19 heavy (non-hydrogen) atoms. The Morgan fingerprint density at radius 3 is 2.37 bits per heavy atom. The summed E-state index contributed by atoms with van der Waals surface area (Å²) in [5.74, 6) is -1.17. The molecule has 0 atom stereocenters. The molecule has 0 bridgehead atoms. The second-order valence-corrected chi connectivity index (χ2v) is 3.76. The molecule has 0 aliphatic rings. The highest BCUT2D eigenvalue weighted by molar-refractivity contribution is 5.90. The molecule has 2 aromatic carbocycles. The number of carboxylic acid groups (broad SMARTS) is 1. The maximum atomic E-state index is 12.3. The van der Waals surface area contributed by atoms with Crippen LogP contribution in [0.2, 0.25) is 0 Å². The lowest BCUT2D eigenvalue weighted by atomic mass is 10.0. The number of ether oxygens (including phenoxy) is 1. The summed E-state index contributed by atoms with van der Waals surface area (Å²) in [5, 5.41) is 8.94. The van der Waals surface area contributed by atoms with Crippen LogP contribution in [0, 0.1) is 0 Å². The highest BCUT2D eigenvalue weighted by Gasteiger charge is 2.14. The van der Waals surface area contributed by atoms with Gasteiger partial charge in [0.15, 0.2) is 0 Å². The molecule has 2 aromatic rings. The van der Waals surface area contributed by atoms with E-state index in [2.05, 4.69) is 4.74 Å². The van der Waals surface area contributed by atoms with Crippen LogP contribution in [0.1, 0.15) is 10.4 Å². The van der Waals surface area contributed by atoms with Crippen LogP contribution in [0.3, 0.4) is 0 Å². The van der Waals surface area contributed by atoms with Crippen LogP contribution >= 0.6 is 0 Å². The number of halogens is 2. The lowest BCUT2D eigenvalue weighted by molar-refractivity contribution is -0.0494. The van der Waals surface area contributed by atoms with Crippen molar-refractivity contribution >= 4 is 5.97 Å². The second-order valence-electron chi connectivity index (χ2n) is 3.76. The fourth-order valence-electron chi connectivity index (χ4n) is 1.71. The number of carbonyl (C=O) groups is 1. The smallest absolute Gasteiger partial charge is 0.387 e. The van der Waals surface area contributed by atoms with Gasteiger partial charge in [-0.25, -0.2) is 4.79 Å². The van der Waals surface area contributed by atoms with Gasteiger partial charge in [0.05, 0.1) is 5.56 Å². The zero-order valence-electron chi connectivity index (χ0n) is 9.72. The molecule has 0 fully saturated rings. The average molecular weight is 264 g/mol. The summed E-state index contributed by atoms with van der Waals surface area (Å²) in [4.78, 5) is 10.9.